The molecule has 3 rings (SSSR count). The van der Waals surface area contributed by atoms with Crippen molar-refractivity contribution in [3.8, 4) is 11.8 Å². The number of carbonyl (C=O) groups is 1. The number of halogens is 1. The Labute approximate surface area is 138 Å². The number of nitrogens with one attached hydrogen (secondary N) is 1. The Bertz CT molecular complexity index is 895. The van der Waals surface area contributed by atoms with Crippen LogP contribution >= 0.6 is 0 Å². The van der Waals surface area contributed by atoms with Crippen molar-refractivity contribution in [2.45, 2.75) is 6.54 Å². The number of carbonyl (C=O) groups excluding carboxylic acids is 1. The van der Waals surface area contributed by atoms with Crippen molar-refractivity contribution in [1.29, 1.82) is 5.26 Å². The first-order valence-electron chi connectivity index (χ1n) is 7.24. The molecule has 3 aromatic rings. The quantitative estimate of drug-likeness (QED) is 0.803. The molecule has 0 saturated heterocycles. The van der Waals surface area contributed by atoms with Gasteiger partial charge in [0.15, 0.2) is 0 Å². The number of hydrogen-bond donors (Lipinski definition) is 1. The first kappa shape index (κ1) is 15.4. The normalized spacial score (nSPS) is 10.2. The lowest BCUT2D eigenvalue weighted by Crippen LogP contribution is -2.26. The molecule has 0 atom stereocenters. The fourth-order valence-electron chi connectivity index (χ4n) is 2.33. The summed E-state index contributed by atoms with van der Waals surface area (Å²) in [6.07, 6.45) is 3.25. The highest BCUT2D eigenvalue weighted by Gasteiger charge is 2.18. The molecule has 0 spiro atoms. The van der Waals surface area contributed by atoms with Gasteiger partial charge in [-0.05, 0) is 42.5 Å². The van der Waals surface area contributed by atoms with E-state index in [0.717, 1.165) is 0 Å². The lowest BCUT2D eigenvalue weighted by Gasteiger charge is -2.10. The molecule has 2 heterocycles. The summed E-state index contributed by atoms with van der Waals surface area (Å²) in [4.78, 5) is 16.7. The Kier molecular flexibility index (Phi) is 4.34. The topological polar surface area (TPSA) is 70.7 Å². The first-order chi connectivity index (χ1) is 11.7. The standard InChI is InChI=1S/C18H13FN4O/c19-14-4-6-16(7-5-14)23-10-8-13(11-20)17(23)18(24)22-12-15-3-1-2-9-21-15/h1-10H,12H2,(H,22,24). The molecule has 1 aromatic carbocycles. The average Bonchev–Trinajstić information content (AvgIpc) is 3.05. The van der Waals surface area contributed by atoms with Gasteiger partial charge in [0.05, 0.1) is 17.8 Å². The second kappa shape index (κ2) is 6.75. The summed E-state index contributed by atoms with van der Waals surface area (Å²) in [5.74, 6) is -0.765. The number of nitriles is 1. The number of aromatic nitrogens is 2. The highest BCUT2D eigenvalue weighted by molar-refractivity contribution is 5.95. The number of pyridine rings is 1. The SMILES string of the molecule is N#Cc1ccn(-c2ccc(F)cc2)c1C(=O)NCc1ccccn1. The Morgan fingerprint density at radius 3 is 2.67 bits per heavy atom. The molecule has 0 aliphatic rings. The largest absolute Gasteiger partial charge is 0.345 e. The van der Waals surface area contributed by atoms with E-state index in [0.29, 0.717) is 11.4 Å². The van der Waals surface area contributed by atoms with Gasteiger partial charge >= 0.3 is 0 Å². The van der Waals surface area contributed by atoms with E-state index in [-0.39, 0.29) is 23.6 Å². The van der Waals surface area contributed by atoms with E-state index in [2.05, 4.69) is 10.3 Å². The molecular formula is C18H13FN4O. The maximum absolute atomic E-state index is 13.1. The van der Waals surface area contributed by atoms with E-state index in [9.17, 15) is 14.4 Å². The van der Waals surface area contributed by atoms with Crippen molar-refractivity contribution in [1.82, 2.24) is 14.9 Å². The van der Waals surface area contributed by atoms with Crippen LogP contribution in [0.3, 0.4) is 0 Å². The van der Waals surface area contributed by atoms with Gasteiger partial charge in [0.1, 0.15) is 17.6 Å². The van der Waals surface area contributed by atoms with Crippen molar-refractivity contribution >= 4 is 5.91 Å². The monoisotopic (exact) mass is 320 g/mol. The maximum atomic E-state index is 13.1. The van der Waals surface area contributed by atoms with E-state index in [1.165, 1.54) is 12.1 Å². The van der Waals surface area contributed by atoms with E-state index in [4.69, 9.17) is 0 Å². The Hall–Kier alpha value is -3.46. The molecule has 6 heteroatoms. The predicted octanol–water partition coefficient (Wildman–Crippen LogP) is 2.81. The highest BCUT2D eigenvalue weighted by Crippen LogP contribution is 2.17. The molecule has 0 radical (unpaired) electrons. The summed E-state index contributed by atoms with van der Waals surface area (Å²) >= 11 is 0. The molecule has 0 aliphatic carbocycles. The Morgan fingerprint density at radius 1 is 1.21 bits per heavy atom. The molecule has 118 valence electrons. The summed E-state index contributed by atoms with van der Waals surface area (Å²) in [5.41, 5.74) is 1.77. The van der Waals surface area contributed by atoms with Crippen LogP contribution in [0.15, 0.2) is 60.9 Å². The molecule has 0 unspecified atom stereocenters. The van der Waals surface area contributed by atoms with Gasteiger partial charge < -0.3 is 9.88 Å². The van der Waals surface area contributed by atoms with Gasteiger partial charge in [-0.25, -0.2) is 4.39 Å². The van der Waals surface area contributed by atoms with Gasteiger partial charge in [-0.1, -0.05) is 6.07 Å². The molecule has 1 amide bonds. The summed E-state index contributed by atoms with van der Waals surface area (Å²) < 4.78 is 14.7. The third-order valence-corrected chi connectivity index (χ3v) is 3.48. The van der Waals surface area contributed by atoms with Crippen LogP contribution in [0.5, 0.6) is 0 Å². The molecule has 2 aromatic heterocycles. The Morgan fingerprint density at radius 2 is 2.00 bits per heavy atom. The minimum absolute atomic E-state index is 0.208. The summed E-state index contributed by atoms with van der Waals surface area (Å²) in [6.45, 7) is 0.249. The fraction of sp³-hybridized carbons (Fsp3) is 0.0556. The van der Waals surface area contributed by atoms with Crippen molar-refractivity contribution in [3.05, 3.63) is 83.7 Å². The summed E-state index contributed by atoms with van der Waals surface area (Å²) in [7, 11) is 0. The molecule has 5 nitrogen and oxygen atoms in total. The van der Waals surface area contributed by atoms with Crippen LogP contribution in [-0.2, 0) is 6.54 Å². The molecule has 0 saturated carbocycles. The van der Waals surface area contributed by atoms with Crippen LogP contribution in [0, 0.1) is 17.1 Å². The van der Waals surface area contributed by atoms with E-state index >= 15 is 0 Å². The minimum Gasteiger partial charge on any atom is -0.345 e. The molecule has 0 fully saturated rings. The molecule has 0 aliphatic heterocycles. The number of amides is 1. The average molecular weight is 320 g/mol. The van der Waals surface area contributed by atoms with Gasteiger partial charge in [0.25, 0.3) is 5.91 Å². The van der Waals surface area contributed by atoms with E-state index < -0.39 is 5.91 Å². The lowest BCUT2D eigenvalue weighted by molar-refractivity contribution is 0.0943. The second-order valence-corrected chi connectivity index (χ2v) is 5.04. The molecular weight excluding hydrogens is 307 g/mol. The van der Waals surface area contributed by atoms with E-state index in [1.807, 2.05) is 12.1 Å². The number of nitrogens with zero attached hydrogens (tertiary/aromatic N) is 3. The molecule has 0 bridgehead atoms. The van der Waals surface area contributed by atoms with Crippen molar-refractivity contribution < 1.29 is 9.18 Å². The zero-order valence-electron chi connectivity index (χ0n) is 12.6. The van der Waals surface area contributed by atoms with Crippen LogP contribution in [-0.4, -0.2) is 15.5 Å². The van der Waals surface area contributed by atoms with Crippen molar-refractivity contribution in [2.75, 3.05) is 0 Å². The van der Waals surface area contributed by atoms with Gasteiger partial charge in [-0.3, -0.25) is 9.78 Å². The third kappa shape index (κ3) is 3.15. The fourth-order valence-corrected chi connectivity index (χ4v) is 2.33. The van der Waals surface area contributed by atoms with E-state index in [1.54, 1.807) is 47.3 Å². The second-order valence-electron chi connectivity index (χ2n) is 5.04. The predicted molar refractivity (Wildman–Crippen MR) is 85.8 cm³/mol. The van der Waals surface area contributed by atoms with Gasteiger partial charge in [0, 0.05) is 18.1 Å². The van der Waals surface area contributed by atoms with Crippen LogP contribution in [0.25, 0.3) is 5.69 Å². The highest BCUT2D eigenvalue weighted by atomic mass is 19.1. The smallest absolute Gasteiger partial charge is 0.269 e. The zero-order valence-corrected chi connectivity index (χ0v) is 12.6. The van der Waals surface area contributed by atoms with Gasteiger partial charge in [0.2, 0.25) is 0 Å². The lowest BCUT2D eigenvalue weighted by atomic mass is 10.2. The number of rotatable bonds is 4. The maximum Gasteiger partial charge on any atom is 0.269 e. The minimum atomic E-state index is -0.397. The summed E-state index contributed by atoms with van der Waals surface area (Å²) in [5, 5.41) is 12.0. The zero-order chi connectivity index (χ0) is 16.9. The first-order valence-corrected chi connectivity index (χ1v) is 7.24. The molecule has 1 N–H and O–H groups in total. The third-order valence-electron chi connectivity index (χ3n) is 3.48. The van der Waals surface area contributed by atoms with Gasteiger partial charge in [-0.2, -0.15) is 5.26 Å². The van der Waals surface area contributed by atoms with Crippen LogP contribution in [0.1, 0.15) is 21.7 Å². The summed E-state index contributed by atoms with van der Waals surface area (Å²) in [6, 6.07) is 14.7. The van der Waals surface area contributed by atoms with Crippen LogP contribution in [0.4, 0.5) is 4.39 Å². The number of benzene rings is 1. The number of hydrogen-bond acceptors (Lipinski definition) is 3. The Balaban J connectivity index is 1.89. The van der Waals surface area contributed by atoms with Gasteiger partial charge in [-0.15, -0.1) is 0 Å². The van der Waals surface area contributed by atoms with Crippen molar-refractivity contribution in [2.24, 2.45) is 0 Å². The molecule has 24 heavy (non-hydrogen) atoms. The van der Waals surface area contributed by atoms with Crippen LogP contribution in [0.2, 0.25) is 0 Å². The van der Waals surface area contributed by atoms with Crippen molar-refractivity contribution in [3.63, 3.8) is 0 Å². The van der Waals surface area contributed by atoms with Crippen LogP contribution < -0.4 is 5.32 Å².